The molecule has 0 aliphatic rings. The third kappa shape index (κ3) is 2.98. The molecule has 0 aliphatic carbocycles. The number of hydrogen-bond acceptors (Lipinski definition) is 1. The third-order valence-corrected chi connectivity index (χ3v) is 1.05. The largest absolute Gasteiger partial charge is 2.00 e. The summed E-state index contributed by atoms with van der Waals surface area (Å²) in [5.41, 5.74) is 0. The fourth-order valence-electron chi connectivity index (χ4n) is 0.683. The predicted molar refractivity (Wildman–Crippen MR) is 39.8 cm³/mol. The first-order valence-electron chi connectivity index (χ1n) is 3.11. The van der Waals surface area contributed by atoms with Gasteiger partial charge in [0.2, 0.25) is 0 Å². The molecule has 0 fully saturated rings. The van der Waals surface area contributed by atoms with Crippen LogP contribution < -0.4 is 4.74 Å². The van der Waals surface area contributed by atoms with Crippen LogP contribution in [0.15, 0.2) is 30.3 Å². The van der Waals surface area contributed by atoms with Gasteiger partial charge >= 0.3 is 19.5 Å². The molecule has 1 nitrogen and oxygen atoms in total. The van der Waals surface area contributed by atoms with Crippen molar-refractivity contribution in [3.8, 4) is 5.75 Å². The average molecular weight is 225 g/mol. The van der Waals surface area contributed by atoms with Gasteiger partial charge in [-0.25, -0.2) is 0 Å². The zero-order valence-corrected chi connectivity index (χ0v) is 7.59. The van der Waals surface area contributed by atoms with Gasteiger partial charge in [0, 0.05) is 0 Å². The van der Waals surface area contributed by atoms with Crippen LogP contribution >= 0.6 is 0 Å². The monoisotopic (exact) mass is 226 g/mol. The van der Waals surface area contributed by atoms with Gasteiger partial charge in [0.25, 0.3) is 0 Å². The summed E-state index contributed by atoms with van der Waals surface area (Å²) in [7, 11) is 0. The second kappa shape index (κ2) is 5.43. The van der Waals surface area contributed by atoms with Crippen LogP contribution in [-0.4, -0.2) is 6.61 Å². The summed E-state index contributed by atoms with van der Waals surface area (Å²) in [6, 6.07) is 9.80. The van der Waals surface area contributed by atoms with Gasteiger partial charge < -0.3 is 7.59 Å². The zero-order valence-electron chi connectivity index (χ0n) is 7.86. The quantitative estimate of drug-likeness (QED) is 0.702. The molecule has 0 amide bonds. The summed E-state index contributed by atoms with van der Waals surface area (Å²) in [6.45, 7) is 2.72. The number of rotatable bonds is 2. The van der Waals surface area contributed by atoms with Gasteiger partial charge in [-0.2, -0.15) is 0 Å². The van der Waals surface area contributed by atoms with Crippen LogP contribution in [0.2, 0.25) is 0 Å². The minimum atomic E-state index is 0. The molecule has 0 N–H and O–H groups in total. The van der Waals surface area contributed by atoms with Crippen LogP contribution in [-0.2, 0) is 19.5 Å². The SMILES string of the molecule is CCOc1ccccc1.[H-].[H-].[Ru+2]. The molecule has 0 unspecified atom stereocenters. The van der Waals surface area contributed by atoms with E-state index in [0.717, 1.165) is 12.4 Å². The van der Waals surface area contributed by atoms with E-state index < -0.39 is 0 Å². The van der Waals surface area contributed by atoms with Gasteiger partial charge in [-0.15, -0.1) is 0 Å². The standard InChI is InChI=1S/C8H10O.Ru.2H/c1-2-9-8-6-4-3-5-7-8;;;/h3-7H,2H2,1H3;;;/q;+2;2*-1. The Morgan fingerprint density at radius 3 is 2.40 bits per heavy atom. The van der Waals surface area contributed by atoms with E-state index in [1.54, 1.807) is 0 Å². The van der Waals surface area contributed by atoms with E-state index in [0.29, 0.717) is 0 Å². The van der Waals surface area contributed by atoms with Crippen LogP contribution in [0.5, 0.6) is 5.75 Å². The van der Waals surface area contributed by atoms with E-state index in [4.69, 9.17) is 4.74 Å². The number of ether oxygens (including phenoxy) is 1. The molecule has 0 saturated heterocycles. The molecule has 58 valence electrons. The molecular weight excluding hydrogens is 213 g/mol. The van der Waals surface area contributed by atoms with E-state index in [9.17, 15) is 0 Å². The second-order valence-electron chi connectivity index (χ2n) is 1.75. The number of hydrogen-bond donors (Lipinski definition) is 0. The second-order valence-corrected chi connectivity index (χ2v) is 1.75. The molecule has 2 heteroatoms. The Bertz CT molecular complexity index is 170. The van der Waals surface area contributed by atoms with Crippen molar-refractivity contribution in [1.82, 2.24) is 0 Å². The van der Waals surface area contributed by atoms with Gasteiger partial charge in [0.15, 0.2) is 0 Å². The summed E-state index contributed by atoms with van der Waals surface area (Å²) in [4.78, 5) is 0. The van der Waals surface area contributed by atoms with E-state index in [2.05, 4.69) is 0 Å². The fraction of sp³-hybridized carbons (Fsp3) is 0.250. The molecule has 0 saturated carbocycles. The molecule has 0 aromatic heterocycles. The van der Waals surface area contributed by atoms with Crippen molar-refractivity contribution in [3.63, 3.8) is 0 Å². The van der Waals surface area contributed by atoms with Crippen LogP contribution in [0.1, 0.15) is 9.78 Å². The summed E-state index contributed by atoms with van der Waals surface area (Å²) < 4.78 is 5.21. The summed E-state index contributed by atoms with van der Waals surface area (Å²) in [6.07, 6.45) is 0. The average Bonchev–Trinajstić information content (AvgIpc) is 1.91. The molecular formula is C8H12ORu. The van der Waals surface area contributed by atoms with Crippen molar-refractivity contribution in [3.05, 3.63) is 30.3 Å². The summed E-state index contributed by atoms with van der Waals surface area (Å²) in [5.74, 6) is 0.944. The fourth-order valence-corrected chi connectivity index (χ4v) is 0.683. The Morgan fingerprint density at radius 2 is 1.90 bits per heavy atom. The van der Waals surface area contributed by atoms with Gasteiger partial charge in [-0.05, 0) is 19.1 Å². The van der Waals surface area contributed by atoms with Crippen molar-refractivity contribution in [2.45, 2.75) is 6.92 Å². The van der Waals surface area contributed by atoms with Crippen LogP contribution in [0, 0.1) is 0 Å². The molecule has 0 radical (unpaired) electrons. The molecule has 1 rings (SSSR count). The molecule has 10 heavy (non-hydrogen) atoms. The van der Waals surface area contributed by atoms with Crippen molar-refractivity contribution >= 4 is 0 Å². The maximum absolute atomic E-state index is 5.21. The third-order valence-electron chi connectivity index (χ3n) is 1.05. The molecule has 0 heterocycles. The van der Waals surface area contributed by atoms with Crippen LogP contribution in [0.3, 0.4) is 0 Å². The van der Waals surface area contributed by atoms with Gasteiger partial charge in [-0.3, -0.25) is 0 Å². The molecule has 1 aromatic carbocycles. The molecule has 0 bridgehead atoms. The van der Waals surface area contributed by atoms with E-state index in [1.165, 1.54) is 0 Å². The molecule has 1 aromatic rings. The Kier molecular flexibility index (Phi) is 5.24. The Morgan fingerprint density at radius 1 is 1.30 bits per heavy atom. The number of benzene rings is 1. The van der Waals surface area contributed by atoms with Crippen molar-refractivity contribution in [2.75, 3.05) is 6.61 Å². The van der Waals surface area contributed by atoms with Gasteiger partial charge in [0.05, 0.1) is 6.61 Å². The van der Waals surface area contributed by atoms with Gasteiger partial charge in [0.1, 0.15) is 5.75 Å². The van der Waals surface area contributed by atoms with Crippen molar-refractivity contribution in [2.24, 2.45) is 0 Å². The number of para-hydroxylation sites is 1. The minimum Gasteiger partial charge on any atom is -1.00 e. The van der Waals surface area contributed by atoms with E-state index in [-0.39, 0.29) is 22.3 Å². The zero-order chi connectivity index (χ0) is 6.53. The smallest absolute Gasteiger partial charge is 1.00 e. The maximum Gasteiger partial charge on any atom is 2.00 e. The van der Waals surface area contributed by atoms with E-state index in [1.807, 2.05) is 37.3 Å². The Labute approximate surface area is 77.1 Å². The normalized spacial score (nSPS) is 8.10. The van der Waals surface area contributed by atoms with Crippen molar-refractivity contribution in [1.29, 1.82) is 0 Å². The first-order chi connectivity index (χ1) is 4.43. The Balaban J connectivity index is -0.000000270. The first-order valence-corrected chi connectivity index (χ1v) is 3.11. The van der Waals surface area contributed by atoms with Crippen LogP contribution in [0.25, 0.3) is 0 Å². The molecule has 0 aliphatic heterocycles. The Hall–Kier alpha value is -0.357. The summed E-state index contributed by atoms with van der Waals surface area (Å²) in [5, 5.41) is 0. The van der Waals surface area contributed by atoms with Gasteiger partial charge in [-0.1, -0.05) is 18.2 Å². The van der Waals surface area contributed by atoms with Crippen LogP contribution in [0.4, 0.5) is 0 Å². The molecule has 0 spiro atoms. The summed E-state index contributed by atoms with van der Waals surface area (Å²) >= 11 is 0. The molecule has 0 atom stereocenters. The van der Waals surface area contributed by atoms with E-state index >= 15 is 0 Å². The first kappa shape index (κ1) is 9.64. The van der Waals surface area contributed by atoms with Crippen molar-refractivity contribution < 1.29 is 27.1 Å². The topological polar surface area (TPSA) is 9.23 Å². The maximum atomic E-state index is 5.21. The minimum absolute atomic E-state index is 0. The predicted octanol–water partition coefficient (Wildman–Crippen LogP) is 2.31.